The maximum Gasteiger partial charge on any atom is 0.240 e. The summed E-state index contributed by atoms with van der Waals surface area (Å²) in [5, 5.41) is 5.16. The first-order valence-corrected chi connectivity index (χ1v) is 14.2. The lowest BCUT2D eigenvalue weighted by Gasteiger charge is -2.20. The zero-order valence-electron chi connectivity index (χ0n) is 19.6. The van der Waals surface area contributed by atoms with Gasteiger partial charge in [-0.2, -0.15) is 0 Å². The Bertz CT molecular complexity index is 1370. The van der Waals surface area contributed by atoms with Crippen molar-refractivity contribution in [2.24, 2.45) is 0 Å². The number of hydrogen-bond donors (Lipinski definition) is 1. The second-order valence-electron chi connectivity index (χ2n) is 8.66. The maximum absolute atomic E-state index is 13.3. The number of hydrogen-bond acceptors (Lipinski definition) is 5. The third kappa shape index (κ3) is 5.56. The fourth-order valence-corrected chi connectivity index (χ4v) is 5.52. The Morgan fingerprint density at radius 1 is 1.06 bits per heavy atom. The lowest BCUT2D eigenvalue weighted by atomic mass is 9.95. The van der Waals surface area contributed by atoms with Gasteiger partial charge in [0.25, 0.3) is 0 Å². The van der Waals surface area contributed by atoms with Crippen LogP contribution in [0.1, 0.15) is 54.1 Å². The first kappa shape index (κ1) is 24.2. The van der Waals surface area contributed by atoms with Gasteiger partial charge in [0.15, 0.2) is 9.84 Å². The number of rotatable bonds is 9. The Morgan fingerprint density at radius 2 is 1.76 bits per heavy atom. The summed E-state index contributed by atoms with van der Waals surface area (Å²) < 4.78 is 25.7. The lowest BCUT2D eigenvalue weighted by molar-refractivity contribution is -0.122. The van der Waals surface area contributed by atoms with Crippen LogP contribution in [0.5, 0.6) is 0 Å². The molecule has 0 aliphatic carbocycles. The topological polar surface area (TPSA) is 81.1 Å². The number of nitrogens with one attached hydrogen (secondary N) is 1. The van der Waals surface area contributed by atoms with Gasteiger partial charge < -0.3 is 9.88 Å². The minimum Gasteiger partial charge on any atom is -0.343 e. The number of amides is 1. The average molecular weight is 496 g/mol. The van der Waals surface area contributed by atoms with E-state index in [0.717, 1.165) is 22.4 Å². The molecule has 0 saturated heterocycles. The predicted octanol–water partition coefficient (Wildman–Crippen LogP) is 5.06. The van der Waals surface area contributed by atoms with E-state index < -0.39 is 9.84 Å². The van der Waals surface area contributed by atoms with Crippen LogP contribution in [0.3, 0.4) is 0 Å². The molecular weight excluding hydrogens is 466 g/mol. The first-order chi connectivity index (χ1) is 16.2. The molecule has 34 heavy (non-hydrogen) atoms. The highest BCUT2D eigenvalue weighted by Crippen LogP contribution is 2.28. The van der Waals surface area contributed by atoms with Crippen LogP contribution in [0.2, 0.25) is 0 Å². The van der Waals surface area contributed by atoms with Crippen LogP contribution in [0, 0.1) is 0 Å². The van der Waals surface area contributed by atoms with Crippen molar-refractivity contribution >= 4 is 38.1 Å². The van der Waals surface area contributed by atoms with Crippen molar-refractivity contribution in [2.75, 3.05) is 6.26 Å². The molecule has 1 N–H and O–H groups in total. The van der Waals surface area contributed by atoms with Crippen LogP contribution >= 0.6 is 11.3 Å². The molecule has 0 fully saturated rings. The molecule has 0 aliphatic heterocycles. The van der Waals surface area contributed by atoms with E-state index in [9.17, 15) is 13.2 Å². The standard InChI is InChI=1S/C26H29N3O3S2/c1-4-18(2)19-11-13-20(14-12-19)26(23-10-7-15-33-23)28-25(30)16-29-22-9-6-5-8-21(22)27-24(29)17-34(3,31)32/h5-15,18,26H,4,16-17H2,1-3H3,(H,28,30). The number of carbonyl (C=O) groups is 1. The van der Waals surface area contributed by atoms with E-state index >= 15 is 0 Å². The van der Waals surface area contributed by atoms with E-state index in [2.05, 4.69) is 48.4 Å². The highest BCUT2D eigenvalue weighted by molar-refractivity contribution is 7.89. The third-order valence-corrected chi connectivity index (χ3v) is 7.73. The Kier molecular flexibility index (Phi) is 7.19. The Labute approximate surface area is 204 Å². The summed E-state index contributed by atoms with van der Waals surface area (Å²) in [5.41, 5.74) is 3.69. The quantitative estimate of drug-likeness (QED) is 0.352. The number of thiophene rings is 1. The Morgan fingerprint density at radius 3 is 2.41 bits per heavy atom. The van der Waals surface area contributed by atoms with Crippen molar-refractivity contribution in [2.45, 2.75) is 44.5 Å². The molecule has 2 unspecified atom stereocenters. The van der Waals surface area contributed by atoms with E-state index in [0.29, 0.717) is 17.3 Å². The van der Waals surface area contributed by atoms with Gasteiger partial charge in [-0.15, -0.1) is 11.3 Å². The number of fused-ring (bicyclic) bond motifs is 1. The molecule has 0 aliphatic rings. The van der Waals surface area contributed by atoms with E-state index in [4.69, 9.17) is 0 Å². The Hall–Kier alpha value is -2.97. The minimum absolute atomic E-state index is 0.0157. The molecule has 2 heterocycles. The molecule has 2 atom stereocenters. The van der Waals surface area contributed by atoms with Gasteiger partial charge in [0, 0.05) is 11.1 Å². The number of benzene rings is 2. The van der Waals surface area contributed by atoms with Crippen molar-refractivity contribution in [3.63, 3.8) is 0 Å². The number of nitrogens with zero attached hydrogens (tertiary/aromatic N) is 2. The van der Waals surface area contributed by atoms with Gasteiger partial charge in [-0.25, -0.2) is 13.4 Å². The molecule has 6 nitrogen and oxygen atoms in total. The summed E-state index contributed by atoms with van der Waals surface area (Å²) in [6, 6.07) is 19.5. The molecule has 0 radical (unpaired) electrons. The second-order valence-corrected chi connectivity index (χ2v) is 11.8. The van der Waals surface area contributed by atoms with Crippen LogP contribution in [0.4, 0.5) is 0 Å². The smallest absolute Gasteiger partial charge is 0.240 e. The van der Waals surface area contributed by atoms with Gasteiger partial charge in [0.2, 0.25) is 5.91 Å². The molecule has 0 saturated carbocycles. The molecule has 8 heteroatoms. The number of imidazole rings is 1. The Balaban J connectivity index is 1.62. The van der Waals surface area contributed by atoms with Gasteiger partial charge >= 0.3 is 0 Å². The molecule has 0 bridgehead atoms. The number of para-hydroxylation sites is 2. The van der Waals surface area contributed by atoms with E-state index in [1.165, 1.54) is 11.8 Å². The van der Waals surface area contributed by atoms with Crippen LogP contribution in [0.25, 0.3) is 11.0 Å². The van der Waals surface area contributed by atoms with Crippen molar-refractivity contribution in [1.82, 2.24) is 14.9 Å². The highest BCUT2D eigenvalue weighted by Gasteiger charge is 2.21. The summed E-state index contributed by atoms with van der Waals surface area (Å²) in [7, 11) is -3.31. The summed E-state index contributed by atoms with van der Waals surface area (Å²) >= 11 is 1.59. The maximum atomic E-state index is 13.3. The van der Waals surface area contributed by atoms with Crippen molar-refractivity contribution < 1.29 is 13.2 Å². The van der Waals surface area contributed by atoms with Gasteiger partial charge in [-0.3, -0.25) is 4.79 Å². The van der Waals surface area contributed by atoms with Gasteiger partial charge in [0.05, 0.1) is 17.1 Å². The molecule has 4 rings (SSSR count). The zero-order valence-corrected chi connectivity index (χ0v) is 21.2. The monoisotopic (exact) mass is 495 g/mol. The third-order valence-electron chi connectivity index (χ3n) is 6.01. The molecule has 2 aromatic carbocycles. The van der Waals surface area contributed by atoms with Crippen molar-refractivity contribution in [3.05, 3.63) is 87.9 Å². The second kappa shape index (κ2) is 10.1. The van der Waals surface area contributed by atoms with Gasteiger partial charge in [-0.05, 0) is 47.0 Å². The number of sulfone groups is 1. The van der Waals surface area contributed by atoms with Gasteiger partial charge in [0.1, 0.15) is 18.1 Å². The number of aromatic nitrogens is 2. The lowest BCUT2D eigenvalue weighted by Crippen LogP contribution is -2.32. The molecule has 178 valence electrons. The number of carbonyl (C=O) groups excluding carboxylic acids is 1. The molecule has 2 aromatic heterocycles. The van der Waals surface area contributed by atoms with Crippen LogP contribution in [0.15, 0.2) is 66.0 Å². The molecular formula is C26H29N3O3S2. The van der Waals surface area contributed by atoms with E-state index in [1.807, 2.05) is 41.8 Å². The predicted molar refractivity (Wildman–Crippen MR) is 138 cm³/mol. The van der Waals surface area contributed by atoms with E-state index in [-0.39, 0.29) is 24.2 Å². The van der Waals surface area contributed by atoms with Crippen LogP contribution in [-0.2, 0) is 26.9 Å². The average Bonchev–Trinajstić information content (AvgIpc) is 3.45. The first-order valence-electron chi connectivity index (χ1n) is 11.3. The normalized spacial score (nSPS) is 13.6. The largest absolute Gasteiger partial charge is 0.343 e. The molecule has 4 aromatic rings. The van der Waals surface area contributed by atoms with Gasteiger partial charge in [-0.1, -0.05) is 56.3 Å². The molecule has 1 amide bonds. The highest BCUT2D eigenvalue weighted by atomic mass is 32.2. The fourth-order valence-electron chi connectivity index (χ4n) is 4.02. The zero-order chi connectivity index (χ0) is 24.3. The van der Waals surface area contributed by atoms with E-state index in [1.54, 1.807) is 15.9 Å². The summed E-state index contributed by atoms with van der Waals surface area (Å²) in [6.07, 6.45) is 2.24. The summed E-state index contributed by atoms with van der Waals surface area (Å²) in [6.45, 7) is 4.36. The molecule has 0 spiro atoms. The van der Waals surface area contributed by atoms with Crippen LogP contribution < -0.4 is 5.32 Å². The SMILES string of the molecule is CCC(C)c1ccc(C(NC(=O)Cn2c(CS(C)(=O)=O)nc3ccccc32)c2cccs2)cc1. The summed E-state index contributed by atoms with van der Waals surface area (Å²) in [5.74, 6) is 0.416. The fraction of sp³-hybridized carbons (Fsp3) is 0.308. The van der Waals surface area contributed by atoms with Crippen LogP contribution in [-0.4, -0.2) is 30.1 Å². The summed E-state index contributed by atoms with van der Waals surface area (Å²) in [4.78, 5) is 18.8. The van der Waals surface area contributed by atoms with Crippen molar-refractivity contribution in [3.8, 4) is 0 Å². The minimum atomic E-state index is -3.31. The van der Waals surface area contributed by atoms with Crippen molar-refractivity contribution in [1.29, 1.82) is 0 Å².